The van der Waals surface area contributed by atoms with Crippen LogP contribution < -0.4 is 17.7 Å². The number of hydrogen-bond donors (Lipinski definition) is 2. The Morgan fingerprint density at radius 3 is 2.47 bits per heavy atom. The summed E-state index contributed by atoms with van der Waals surface area (Å²) in [6.45, 7) is 1.31. The molecular weight excluding hydrogens is 326 g/mol. The summed E-state index contributed by atoms with van der Waals surface area (Å²) in [4.78, 5) is 0. The van der Waals surface area contributed by atoms with Gasteiger partial charge in [-0.2, -0.15) is 0 Å². The molecule has 0 aliphatic rings. The quantitative estimate of drug-likeness (QED) is 0.819. The van der Waals surface area contributed by atoms with Gasteiger partial charge in [0.1, 0.15) is 0 Å². The highest BCUT2D eigenvalue weighted by atomic mass is 79.9. The lowest BCUT2D eigenvalue weighted by molar-refractivity contribution is -0.00000522. The maximum Gasteiger partial charge on any atom is 0.0914 e. The van der Waals surface area contributed by atoms with E-state index < -0.39 is 6.10 Å². The second kappa shape index (κ2) is 8.33. The van der Waals surface area contributed by atoms with Crippen LogP contribution in [0, 0.1) is 0 Å². The molecule has 0 aromatic heterocycles. The maximum atomic E-state index is 9.98. The topological polar surface area (TPSA) is 32.3 Å². The van der Waals surface area contributed by atoms with E-state index in [1.54, 1.807) is 0 Å². The van der Waals surface area contributed by atoms with E-state index in [9.17, 15) is 5.11 Å². The predicted octanol–water partition coefficient (Wildman–Crippen LogP) is 0.276. The van der Waals surface area contributed by atoms with Gasteiger partial charge in [0.05, 0.1) is 6.10 Å². The minimum absolute atomic E-state index is 0. The van der Waals surface area contributed by atoms with Gasteiger partial charge in [-0.25, -0.2) is 0 Å². The molecule has 0 fully saturated rings. The first kappa shape index (κ1) is 16.2. The average Bonchev–Trinajstić information content (AvgIpc) is 2.40. The molecule has 1 unspecified atom stereocenters. The van der Waals surface area contributed by atoms with Gasteiger partial charge in [0, 0.05) is 17.6 Å². The highest BCUT2D eigenvalue weighted by Crippen LogP contribution is 2.13. The van der Waals surface area contributed by atoms with Crippen molar-refractivity contribution in [1.82, 2.24) is 5.32 Å². The standard InChI is InChI=1S/C15H16BrNO.ClH/c16-14-8-4-5-12(9-14)10-17-11-15(18)13-6-2-1-3-7-13;/h1-9,15,17-18H,10-11H2;1H/p-1. The summed E-state index contributed by atoms with van der Waals surface area (Å²) in [5, 5.41) is 13.2. The lowest BCUT2D eigenvalue weighted by atomic mass is 10.1. The highest BCUT2D eigenvalue weighted by Gasteiger charge is 2.05. The zero-order chi connectivity index (χ0) is 12.8. The molecule has 0 amide bonds. The van der Waals surface area contributed by atoms with Gasteiger partial charge in [-0.1, -0.05) is 58.4 Å². The Bertz CT molecular complexity index is 493. The smallest absolute Gasteiger partial charge is 0.0914 e. The second-order valence-corrected chi connectivity index (χ2v) is 5.10. The minimum atomic E-state index is -0.460. The van der Waals surface area contributed by atoms with Crippen molar-refractivity contribution < 1.29 is 17.5 Å². The number of aliphatic hydroxyl groups is 1. The first-order chi connectivity index (χ1) is 8.75. The van der Waals surface area contributed by atoms with Crippen molar-refractivity contribution in [1.29, 1.82) is 0 Å². The highest BCUT2D eigenvalue weighted by molar-refractivity contribution is 9.10. The Morgan fingerprint density at radius 2 is 1.79 bits per heavy atom. The van der Waals surface area contributed by atoms with Crippen LogP contribution >= 0.6 is 15.9 Å². The molecule has 1 atom stereocenters. The molecule has 19 heavy (non-hydrogen) atoms. The first-order valence-corrected chi connectivity index (χ1v) is 6.73. The molecule has 0 spiro atoms. The van der Waals surface area contributed by atoms with Crippen molar-refractivity contribution in [2.45, 2.75) is 12.6 Å². The molecule has 0 saturated heterocycles. The van der Waals surface area contributed by atoms with E-state index in [2.05, 4.69) is 33.4 Å². The molecule has 2 aromatic carbocycles. The molecule has 0 bridgehead atoms. The molecule has 0 aliphatic heterocycles. The van der Waals surface area contributed by atoms with E-state index in [0.29, 0.717) is 6.54 Å². The van der Waals surface area contributed by atoms with Crippen LogP contribution in [0.2, 0.25) is 0 Å². The van der Waals surface area contributed by atoms with Crippen LogP contribution in [0.15, 0.2) is 59.1 Å². The van der Waals surface area contributed by atoms with Gasteiger partial charge in [-0.3, -0.25) is 0 Å². The van der Waals surface area contributed by atoms with Crippen molar-refractivity contribution in [2.24, 2.45) is 0 Å². The molecule has 0 radical (unpaired) electrons. The molecule has 2 N–H and O–H groups in total. The zero-order valence-corrected chi connectivity index (χ0v) is 12.7. The van der Waals surface area contributed by atoms with Crippen molar-refractivity contribution in [2.75, 3.05) is 6.54 Å². The van der Waals surface area contributed by atoms with Crippen LogP contribution in [-0.4, -0.2) is 11.7 Å². The third kappa shape index (κ3) is 5.33. The summed E-state index contributed by atoms with van der Waals surface area (Å²) in [5.41, 5.74) is 2.14. The lowest BCUT2D eigenvalue weighted by Crippen LogP contribution is -3.00. The summed E-state index contributed by atoms with van der Waals surface area (Å²) in [6, 6.07) is 17.8. The van der Waals surface area contributed by atoms with Crippen LogP contribution in [0.1, 0.15) is 17.2 Å². The molecule has 102 valence electrons. The molecule has 0 aliphatic carbocycles. The molecule has 0 heterocycles. The van der Waals surface area contributed by atoms with Gasteiger partial charge >= 0.3 is 0 Å². The largest absolute Gasteiger partial charge is 1.00 e. The molecule has 2 rings (SSSR count). The van der Waals surface area contributed by atoms with Gasteiger partial charge in [0.15, 0.2) is 0 Å². The number of benzene rings is 2. The molecular formula is C15H16BrClNO-. The Balaban J connectivity index is 0.00000180. The van der Waals surface area contributed by atoms with Crippen LogP contribution in [0.25, 0.3) is 0 Å². The monoisotopic (exact) mass is 340 g/mol. The van der Waals surface area contributed by atoms with Crippen molar-refractivity contribution in [3.05, 3.63) is 70.2 Å². The van der Waals surface area contributed by atoms with Gasteiger partial charge in [-0.15, -0.1) is 0 Å². The number of aliphatic hydroxyl groups excluding tert-OH is 1. The fourth-order valence-corrected chi connectivity index (χ4v) is 2.24. The van der Waals surface area contributed by atoms with Crippen LogP contribution in [-0.2, 0) is 6.54 Å². The van der Waals surface area contributed by atoms with E-state index in [1.165, 1.54) is 5.56 Å². The van der Waals surface area contributed by atoms with E-state index in [-0.39, 0.29) is 12.4 Å². The molecule has 0 saturated carbocycles. The lowest BCUT2D eigenvalue weighted by Gasteiger charge is -2.12. The van der Waals surface area contributed by atoms with Gasteiger partial charge in [0.2, 0.25) is 0 Å². The first-order valence-electron chi connectivity index (χ1n) is 5.94. The van der Waals surface area contributed by atoms with Crippen molar-refractivity contribution >= 4 is 15.9 Å². The number of hydrogen-bond acceptors (Lipinski definition) is 2. The van der Waals surface area contributed by atoms with Gasteiger partial charge in [-0.05, 0) is 23.3 Å². The molecule has 2 aromatic rings. The van der Waals surface area contributed by atoms with E-state index >= 15 is 0 Å². The van der Waals surface area contributed by atoms with Crippen molar-refractivity contribution in [3.8, 4) is 0 Å². The van der Waals surface area contributed by atoms with Crippen LogP contribution in [0.3, 0.4) is 0 Å². The Labute approximate surface area is 128 Å². The van der Waals surface area contributed by atoms with E-state index in [1.807, 2.05) is 42.5 Å². The van der Waals surface area contributed by atoms with Crippen molar-refractivity contribution in [3.63, 3.8) is 0 Å². The average molecular weight is 342 g/mol. The summed E-state index contributed by atoms with van der Waals surface area (Å²) >= 11 is 3.44. The zero-order valence-electron chi connectivity index (χ0n) is 10.4. The van der Waals surface area contributed by atoms with Crippen LogP contribution in [0.4, 0.5) is 0 Å². The van der Waals surface area contributed by atoms with Gasteiger partial charge < -0.3 is 22.8 Å². The number of nitrogens with one attached hydrogen (secondary N) is 1. The van der Waals surface area contributed by atoms with Crippen LogP contribution in [0.5, 0.6) is 0 Å². The Morgan fingerprint density at radius 1 is 1.05 bits per heavy atom. The number of halogens is 2. The fourth-order valence-electron chi connectivity index (χ4n) is 1.79. The third-order valence-electron chi connectivity index (χ3n) is 2.74. The normalized spacial score (nSPS) is 11.7. The number of rotatable bonds is 5. The Hall–Kier alpha value is -0.870. The molecule has 2 nitrogen and oxygen atoms in total. The summed E-state index contributed by atoms with van der Waals surface area (Å²) < 4.78 is 1.07. The summed E-state index contributed by atoms with van der Waals surface area (Å²) in [5.74, 6) is 0. The summed E-state index contributed by atoms with van der Waals surface area (Å²) in [6.07, 6.45) is -0.460. The SMILES string of the molecule is OC(CNCc1cccc(Br)c1)c1ccccc1.[Cl-]. The maximum absolute atomic E-state index is 9.98. The van der Waals surface area contributed by atoms with Gasteiger partial charge in [0.25, 0.3) is 0 Å². The Kier molecular flexibility index (Phi) is 7.10. The second-order valence-electron chi connectivity index (χ2n) is 4.19. The summed E-state index contributed by atoms with van der Waals surface area (Å²) in [7, 11) is 0. The van der Waals surface area contributed by atoms with E-state index in [0.717, 1.165) is 16.6 Å². The van der Waals surface area contributed by atoms with E-state index in [4.69, 9.17) is 0 Å². The molecule has 4 heteroatoms. The predicted molar refractivity (Wildman–Crippen MR) is 77.3 cm³/mol. The fraction of sp³-hybridized carbons (Fsp3) is 0.200. The third-order valence-corrected chi connectivity index (χ3v) is 3.23. The minimum Gasteiger partial charge on any atom is -1.00 e.